The van der Waals surface area contributed by atoms with Crippen LogP contribution in [0.4, 0.5) is 5.95 Å². The lowest BCUT2D eigenvalue weighted by molar-refractivity contribution is 0.440. The Bertz CT molecular complexity index is 710. The summed E-state index contributed by atoms with van der Waals surface area (Å²) in [5.41, 5.74) is 3.40. The molecule has 1 N–H and O–H groups in total. The van der Waals surface area contributed by atoms with Gasteiger partial charge in [0.1, 0.15) is 0 Å². The number of nitrogens with zero attached hydrogens (tertiary/aromatic N) is 3. The lowest BCUT2D eigenvalue weighted by Crippen LogP contribution is -2.32. The van der Waals surface area contributed by atoms with E-state index in [4.69, 9.17) is 9.97 Å². The predicted molar refractivity (Wildman–Crippen MR) is 106 cm³/mol. The summed E-state index contributed by atoms with van der Waals surface area (Å²) in [6.07, 6.45) is 4.88. The number of hydrogen-bond acceptors (Lipinski definition) is 4. The van der Waals surface area contributed by atoms with E-state index in [9.17, 15) is 0 Å². The van der Waals surface area contributed by atoms with Crippen molar-refractivity contribution in [1.82, 2.24) is 15.3 Å². The number of aryl methyl sites for hydroxylation is 2. The molecule has 1 atom stereocenters. The number of fused-ring (bicyclic) bond motifs is 1. The summed E-state index contributed by atoms with van der Waals surface area (Å²) in [6, 6.07) is 7.08. The van der Waals surface area contributed by atoms with Crippen LogP contribution in [0, 0.1) is 19.8 Å². The fourth-order valence-corrected chi connectivity index (χ4v) is 3.60. The van der Waals surface area contributed by atoms with Crippen LogP contribution in [0.1, 0.15) is 50.8 Å². The average Bonchev–Trinajstić information content (AvgIpc) is 2.80. The van der Waals surface area contributed by atoms with Crippen molar-refractivity contribution >= 4 is 16.9 Å². The summed E-state index contributed by atoms with van der Waals surface area (Å²) in [4.78, 5) is 12.0. The van der Waals surface area contributed by atoms with Gasteiger partial charge in [-0.3, -0.25) is 0 Å². The maximum absolute atomic E-state index is 4.87. The third-order valence-corrected chi connectivity index (χ3v) is 5.20. The lowest BCUT2D eigenvalue weighted by atomic mass is 10.1. The summed E-state index contributed by atoms with van der Waals surface area (Å²) in [5.74, 6) is 1.67. The van der Waals surface area contributed by atoms with Crippen LogP contribution in [-0.4, -0.2) is 35.6 Å². The molecule has 1 aromatic heterocycles. The van der Waals surface area contributed by atoms with Crippen LogP contribution in [0.5, 0.6) is 0 Å². The molecule has 136 valence electrons. The molecule has 3 rings (SSSR count). The third-order valence-electron chi connectivity index (χ3n) is 5.20. The van der Waals surface area contributed by atoms with Gasteiger partial charge in [0.2, 0.25) is 5.95 Å². The van der Waals surface area contributed by atoms with Crippen LogP contribution >= 0.6 is 0 Å². The SMILES string of the molecule is Cc1ccc2c(C)nc(N3CCC[C@H](NCCC(C)C)CC3)nc2c1. The van der Waals surface area contributed by atoms with Gasteiger partial charge >= 0.3 is 0 Å². The van der Waals surface area contributed by atoms with Gasteiger partial charge in [-0.25, -0.2) is 9.97 Å². The minimum Gasteiger partial charge on any atom is -0.341 e. The molecule has 0 radical (unpaired) electrons. The molecular formula is C21H32N4. The van der Waals surface area contributed by atoms with E-state index in [2.05, 4.69) is 56.1 Å². The Hall–Kier alpha value is -1.68. The molecule has 2 heterocycles. The summed E-state index contributed by atoms with van der Waals surface area (Å²) in [7, 11) is 0. The molecule has 25 heavy (non-hydrogen) atoms. The Morgan fingerprint density at radius 2 is 2.00 bits per heavy atom. The highest BCUT2D eigenvalue weighted by Crippen LogP contribution is 2.22. The Kier molecular flexibility index (Phi) is 5.89. The normalized spacial score (nSPS) is 18.8. The van der Waals surface area contributed by atoms with Gasteiger partial charge in [0, 0.05) is 24.5 Å². The zero-order valence-corrected chi connectivity index (χ0v) is 16.2. The van der Waals surface area contributed by atoms with E-state index >= 15 is 0 Å². The quantitative estimate of drug-likeness (QED) is 0.884. The Labute approximate surface area is 152 Å². The van der Waals surface area contributed by atoms with Crippen molar-refractivity contribution in [2.45, 2.75) is 59.4 Å². The zero-order valence-electron chi connectivity index (χ0n) is 16.2. The Balaban J connectivity index is 1.69. The molecule has 0 bridgehead atoms. The van der Waals surface area contributed by atoms with Crippen molar-refractivity contribution in [3.63, 3.8) is 0 Å². The molecule has 1 saturated heterocycles. The smallest absolute Gasteiger partial charge is 0.226 e. The highest BCUT2D eigenvalue weighted by molar-refractivity contribution is 5.82. The van der Waals surface area contributed by atoms with E-state index in [-0.39, 0.29) is 0 Å². The number of nitrogens with one attached hydrogen (secondary N) is 1. The Morgan fingerprint density at radius 1 is 1.16 bits per heavy atom. The Morgan fingerprint density at radius 3 is 2.80 bits per heavy atom. The largest absolute Gasteiger partial charge is 0.341 e. The van der Waals surface area contributed by atoms with Crippen LogP contribution in [0.3, 0.4) is 0 Å². The lowest BCUT2D eigenvalue weighted by Gasteiger charge is -2.22. The van der Waals surface area contributed by atoms with Gasteiger partial charge in [0.25, 0.3) is 0 Å². The third kappa shape index (κ3) is 4.69. The molecule has 0 unspecified atom stereocenters. The second-order valence-electron chi connectivity index (χ2n) is 7.88. The summed E-state index contributed by atoms with van der Waals surface area (Å²) in [6.45, 7) is 12.0. The van der Waals surface area contributed by atoms with Gasteiger partial charge in [0.15, 0.2) is 0 Å². The first-order valence-electron chi connectivity index (χ1n) is 9.76. The molecular weight excluding hydrogens is 308 g/mol. The molecule has 1 aliphatic heterocycles. The summed E-state index contributed by atoms with van der Waals surface area (Å²) < 4.78 is 0. The van der Waals surface area contributed by atoms with Crippen LogP contribution in [0.25, 0.3) is 10.9 Å². The van der Waals surface area contributed by atoms with Crippen molar-refractivity contribution in [2.75, 3.05) is 24.5 Å². The molecule has 2 aromatic rings. The highest BCUT2D eigenvalue weighted by atomic mass is 15.3. The molecule has 1 aromatic carbocycles. The molecule has 0 saturated carbocycles. The van der Waals surface area contributed by atoms with E-state index in [1.165, 1.54) is 31.2 Å². The van der Waals surface area contributed by atoms with Crippen molar-refractivity contribution in [1.29, 1.82) is 0 Å². The molecule has 0 amide bonds. The predicted octanol–water partition coefficient (Wildman–Crippen LogP) is 4.24. The maximum Gasteiger partial charge on any atom is 0.226 e. The van der Waals surface area contributed by atoms with E-state index < -0.39 is 0 Å². The monoisotopic (exact) mass is 340 g/mol. The first-order valence-corrected chi connectivity index (χ1v) is 9.76. The standard InChI is InChI=1S/C21H32N4/c1-15(2)9-11-22-18-6-5-12-25(13-10-18)21-23-17(4)19-8-7-16(3)14-20(19)24-21/h7-8,14-15,18,22H,5-6,9-13H2,1-4H3/t18-/m0/s1. The average molecular weight is 341 g/mol. The molecule has 1 aliphatic rings. The molecule has 0 aliphatic carbocycles. The zero-order chi connectivity index (χ0) is 17.8. The second kappa shape index (κ2) is 8.13. The van der Waals surface area contributed by atoms with Crippen LogP contribution < -0.4 is 10.2 Å². The van der Waals surface area contributed by atoms with Crippen molar-refractivity contribution in [3.05, 3.63) is 29.5 Å². The van der Waals surface area contributed by atoms with Gasteiger partial charge in [-0.2, -0.15) is 0 Å². The number of anilines is 1. The van der Waals surface area contributed by atoms with E-state index in [1.807, 2.05) is 0 Å². The topological polar surface area (TPSA) is 41.1 Å². The first-order chi connectivity index (χ1) is 12.0. The van der Waals surface area contributed by atoms with Gasteiger partial charge in [-0.05, 0) is 63.6 Å². The minimum atomic E-state index is 0.632. The molecule has 4 nitrogen and oxygen atoms in total. The van der Waals surface area contributed by atoms with Crippen molar-refractivity contribution < 1.29 is 0 Å². The number of aromatic nitrogens is 2. The number of benzene rings is 1. The van der Waals surface area contributed by atoms with Crippen LogP contribution in [0.15, 0.2) is 18.2 Å². The van der Waals surface area contributed by atoms with Gasteiger partial charge in [0.05, 0.1) is 11.2 Å². The van der Waals surface area contributed by atoms with E-state index in [1.54, 1.807) is 0 Å². The fraction of sp³-hybridized carbons (Fsp3) is 0.619. The summed E-state index contributed by atoms with van der Waals surface area (Å²) in [5, 5.41) is 4.91. The molecule has 0 spiro atoms. The van der Waals surface area contributed by atoms with Crippen molar-refractivity contribution in [3.8, 4) is 0 Å². The highest BCUT2D eigenvalue weighted by Gasteiger charge is 2.19. The van der Waals surface area contributed by atoms with Crippen LogP contribution in [-0.2, 0) is 0 Å². The molecule has 4 heteroatoms. The van der Waals surface area contributed by atoms with E-state index in [0.29, 0.717) is 6.04 Å². The number of hydrogen-bond donors (Lipinski definition) is 1. The minimum absolute atomic E-state index is 0.632. The first kappa shape index (κ1) is 18.1. The van der Waals surface area contributed by atoms with Crippen molar-refractivity contribution in [2.24, 2.45) is 5.92 Å². The molecule has 1 fully saturated rings. The van der Waals surface area contributed by atoms with Crippen LogP contribution in [0.2, 0.25) is 0 Å². The second-order valence-corrected chi connectivity index (χ2v) is 7.88. The van der Waals surface area contributed by atoms with Gasteiger partial charge in [-0.15, -0.1) is 0 Å². The van der Waals surface area contributed by atoms with E-state index in [0.717, 1.165) is 48.1 Å². The van der Waals surface area contributed by atoms with Gasteiger partial charge in [-0.1, -0.05) is 26.0 Å². The number of rotatable bonds is 5. The van der Waals surface area contributed by atoms with Gasteiger partial charge < -0.3 is 10.2 Å². The summed E-state index contributed by atoms with van der Waals surface area (Å²) >= 11 is 0. The fourth-order valence-electron chi connectivity index (χ4n) is 3.60. The maximum atomic E-state index is 4.87.